The fraction of sp³-hybridized carbons (Fsp3) is 1.00. The average molecular weight is 132 g/mol. The molecule has 0 fully saturated rings. The fourth-order valence-electron chi connectivity index (χ4n) is 0.594. The molecule has 3 N–H and O–H groups in total. The second kappa shape index (κ2) is 3.82. The Kier molecular flexibility index (Phi) is 3.77. The lowest BCUT2D eigenvalue weighted by Gasteiger charge is -2.23. The molecule has 0 heterocycles. The van der Waals surface area contributed by atoms with Gasteiger partial charge in [-0.2, -0.15) is 0 Å². The lowest BCUT2D eigenvalue weighted by Crippen LogP contribution is -2.43. The lowest BCUT2D eigenvalue weighted by molar-refractivity contribution is 0.0176. The van der Waals surface area contributed by atoms with Crippen LogP contribution in [0.15, 0.2) is 0 Å². The van der Waals surface area contributed by atoms with Gasteiger partial charge in [0.2, 0.25) is 0 Å². The smallest absolute Gasteiger partial charge is 0.122 e. The third-order valence-corrected chi connectivity index (χ3v) is 1.38. The molecule has 9 heavy (non-hydrogen) atoms. The van der Waals surface area contributed by atoms with Gasteiger partial charge in [0.25, 0.3) is 0 Å². The number of nitrogens with zero attached hydrogens (tertiary/aromatic N) is 1. The first-order valence-corrected chi connectivity index (χ1v) is 3.19. The second-order valence-corrected chi connectivity index (χ2v) is 2.45. The molecule has 2 unspecified atom stereocenters. The first-order chi connectivity index (χ1) is 4.09. The van der Waals surface area contributed by atoms with Gasteiger partial charge in [-0.3, -0.25) is 4.90 Å². The largest absolute Gasteiger partial charge is 0.377 e. The van der Waals surface area contributed by atoms with Crippen LogP contribution in [0.1, 0.15) is 13.3 Å². The topological polar surface area (TPSA) is 49.5 Å². The molecule has 0 aromatic heterocycles. The minimum atomic E-state index is -0.505. The van der Waals surface area contributed by atoms with E-state index in [-0.39, 0.29) is 6.04 Å². The molecule has 56 valence electrons. The molecule has 0 saturated carbocycles. The third-order valence-electron chi connectivity index (χ3n) is 1.38. The van der Waals surface area contributed by atoms with Crippen LogP contribution in [0.2, 0.25) is 0 Å². The van der Waals surface area contributed by atoms with Gasteiger partial charge in [-0.05, 0) is 20.5 Å². The van der Waals surface area contributed by atoms with Crippen LogP contribution in [0, 0.1) is 0 Å². The molecule has 0 aromatic rings. The molecule has 3 heteroatoms. The Balaban J connectivity index is 3.58. The van der Waals surface area contributed by atoms with Crippen molar-refractivity contribution in [2.45, 2.75) is 25.6 Å². The summed E-state index contributed by atoms with van der Waals surface area (Å²) in [5, 5.41) is 9.20. The van der Waals surface area contributed by atoms with Crippen molar-refractivity contribution in [3.8, 4) is 0 Å². The van der Waals surface area contributed by atoms with E-state index in [9.17, 15) is 5.11 Å². The fourth-order valence-corrected chi connectivity index (χ4v) is 0.594. The Morgan fingerprint density at radius 3 is 2.11 bits per heavy atom. The molecule has 0 aromatic carbocycles. The number of hydrogen-bond acceptors (Lipinski definition) is 3. The zero-order chi connectivity index (χ0) is 7.44. The zero-order valence-electron chi connectivity index (χ0n) is 6.33. The van der Waals surface area contributed by atoms with Crippen LogP contribution in [-0.4, -0.2) is 36.4 Å². The Hall–Kier alpha value is -0.120. The molecule has 0 aliphatic carbocycles. The summed E-state index contributed by atoms with van der Waals surface area (Å²) in [4.78, 5) is 1.70. The van der Waals surface area contributed by atoms with Crippen LogP contribution < -0.4 is 5.73 Å². The average Bonchev–Trinajstić information content (AvgIpc) is 1.84. The van der Waals surface area contributed by atoms with Gasteiger partial charge in [-0.15, -0.1) is 0 Å². The third kappa shape index (κ3) is 2.79. The number of aliphatic hydroxyl groups excluding tert-OH is 1. The summed E-state index contributed by atoms with van der Waals surface area (Å²) in [5.74, 6) is 0. The van der Waals surface area contributed by atoms with Gasteiger partial charge < -0.3 is 10.8 Å². The highest BCUT2D eigenvalue weighted by molar-refractivity contribution is 4.66. The van der Waals surface area contributed by atoms with Crippen molar-refractivity contribution >= 4 is 0 Å². The Bertz CT molecular complexity index is 75.5. The minimum Gasteiger partial charge on any atom is -0.377 e. The van der Waals surface area contributed by atoms with Crippen LogP contribution in [-0.2, 0) is 0 Å². The highest BCUT2D eigenvalue weighted by Crippen LogP contribution is 1.96. The van der Waals surface area contributed by atoms with Crippen LogP contribution in [0.4, 0.5) is 0 Å². The zero-order valence-corrected chi connectivity index (χ0v) is 6.33. The van der Waals surface area contributed by atoms with Crippen LogP contribution in [0.5, 0.6) is 0 Å². The number of hydrogen-bond donors (Lipinski definition) is 2. The molecule has 0 radical (unpaired) electrons. The molecule has 0 aliphatic heterocycles. The van der Waals surface area contributed by atoms with Crippen molar-refractivity contribution in [3.05, 3.63) is 0 Å². The summed E-state index contributed by atoms with van der Waals surface area (Å²) in [6, 6.07) is -0.125. The van der Waals surface area contributed by atoms with E-state index >= 15 is 0 Å². The molecule has 0 spiro atoms. The Labute approximate surface area is 56.5 Å². The molecular formula is C6H16N2O. The van der Waals surface area contributed by atoms with E-state index in [1.165, 1.54) is 0 Å². The first kappa shape index (κ1) is 8.88. The maximum absolute atomic E-state index is 9.20. The molecule has 2 atom stereocenters. The van der Waals surface area contributed by atoms with Crippen molar-refractivity contribution in [3.63, 3.8) is 0 Å². The summed E-state index contributed by atoms with van der Waals surface area (Å²) in [6.45, 7) is 1.96. The maximum Gasteiger partial charge on any atom is 0.122 e. The second-order valence-electron chi connectivity index (χ2n) is 2.45. The van der Waals surface area contributed by atoms with Gasteiger partial charge in [0.15, 0.2) is 0 Å². The van der Waals surface area contributed by atoms with Crippen molar-refractivity contribution in [2.24, 2.45) is 5.73 Å². The maximum atomic E-state index is 9.20. The quantitative estimate of drug-likeness (QED) is 0.514. The van der Waals surface area contributed by atoms with E-state index in [4.69, 9.17) is 5.73 Å². The summed E-state index contributed by atoms with van der Waals surface area (Å²) in [5.41, 5.74) is 5.53. The van der Waals surface area contributed by atoms with Gasteiger partial charge >= 0.3 is 0 Å². The van der Waals surface area contributed by atoms with Gasteiger partial charge in [0.1, 0.15) is 6.23 Å². The van der Waals surface area contributed by atoms with Crippen molar-refractivity contribution in [1.29, 1.82) is 0 Å². The van der Waals surface area contributed by atoms with Crippen molar-refractivity contribution < 1.29 is 5.11 Å². The first-order valence-electron chi connectivity index (χ1n) is 3.19. The van der Waals surface area contributed by atoms with Gasteiger partial charge in [0.05, 0.1) is 0 Å². The van der Waals surface area contributed by atoms with E-state index in [2.05, 4.69) is 0 Å². The standard InChI is InChI=1S/C6H16N2O/c1-4-5(7)6(9)8(2)3/h5-6,9H,4,7H2,1-3H3. The molecule has 0 amide bonds. The molecular weight excluding hydrogens is 116 g/mol. The Morgan fingerprint density at radius 1 is 1.56 bits per heavy atom. The predicted molar refractivity (Wildman–Crippen MR) is 38.0 cm³/mol. The van der Waals surface area contributed by atoms with Crippen molar-refractivity contribution in [1.82, 2.24) is 4.90 Å². The van der Waals surface area contributed by atoms with Crippen LogP contribution >= 0.6 is 0 Å². The lowest BCUT2D eigenvalue weighted by atomic mass is 10.2. The highest BCUT2D eigenvalue weighted by atomic mass is 16.3. The molecule has 0 saturated heterocycles. The predicted octanol–water partition coefficient (Wildman–Crippen LogP) is -0.396. The summed E-state index contributed by atoms with van der Waals surface area (Å²) in [6.07, 6.45) is 0.300. The van der Waals surface area contributed by atoms with E-state index in [1.807, 2.05) is 6.92 Å². The molecule has 0 aliphatic rings. The van der Waals surface area contributed by atoms with E-state index in [0.717, 1.165) is 6.42 Å². The van der Waals surface area contributed by atoms with Crippen LogP contribution in [0.3, 0.4) is 0 Å². The number of aliphatic hydroxyl groups is 1. The van der Waals surface area contributed by atoms with E-state index in [1.54, 1.807) is 19.0 Å². The van der Waals surface area contributed by atoms with Crippen LogP contribution in [0.25, 0.3) is 0 Å². The van der Waals surface area contributed by atoms with Gasteiger partial charge in [0, 0.05) is 6.04 Å². The van der Waals surface area contributed by atoms with Gasteiger partial charge in [-0.25, -0.2) is 0 Å². The number of nitrogens with two attached hydrogens (primary N) is 1. The summed E-state index contributed by atoms with van der Waals surface area (Å²) in [7, 11) is 3.61. The normalized spacial score (nSPS) is 18.0. The van der Waals surface area contributed by atoms with E-state index < -0.39 is 6.23 Å². The molecule has 3 nitrogen and oxygen atoms in total. The van der Waals surface area contributed by atoms with Crippen molar-refractivity contribution in [2.75, 3.05) is 14.1 Å². The summed E-state index contributed by atoms with van der Waals surface area (Å²) >= 11 is 0. The number of rotatable bonds is 3. The molecule has 0 rings (SSSR count). The van der Waals surface area contributed by atoms with E-state index in [0.29, 0.717) is 0 Å². The monoisotopic (exact) mass is 132 g/mol. The molecule has 0 bridgehead atoms. The number of likely N-dealkylation sites (N-methyl/N-ethyl adjacent to an activating group) is 1. The Morgan fingerprint density at radius 2 is 2.00 bits per heavy atom. The highest BCUT2D eigenvalue weighted by Gasteiger charge is 2.13. The minimum absolute atomic E-state index is 0.125. The SMILES string of the molecule is CCC(N)C(O)N(C)C. The summed E-state index contributed by atoms with van der Waals surface area (Å²) < 4.78 is 0. The van der Waals surface area contributed by atoms with Gasteiger partial charge in [-0.1, -0.05) is 6.92 Å².